The third-order valence-electron chi connectivity index (χ3n) is 8.29. The molecule has 212 valence electrons. The number of nitrogens with one attached hydrogen (secondary N) is 1. The van der Waals surface area contributed by atoms with Crippen LogP contribution < -0.4 is 11.3 Å². The van der Waals surface area contributed by atoms with Crippen molar-refractivity contribution in [2.24, 2.45) is 5.84 Å². The molecule has 41 heavy (non-hydrogen) atoms. The van der Waals surface area contributed by atoms with E-state index in [1.165, 1.54) is 11.1 Å². The standard InChI is InChI=1S/C32H36N6O3/c33-35-31(39)26-5-1-24(2-6-26)22-38-14-11-28-19-29(20-34-30(28)38)25-9-12-37(13-10-25)32(40)27-7-3-23(4-8-27)21-36-15-17-41-18-16-36/h1-8,11,14,19-20,25H,9-10,12-13,15-18,21-22,33H2,(H,35,39). The number of piperidine rings is 1. The van der Waals surface area contributed by atoms with E-state index in [2.05, 4.69) is 45.4 Å². The Kier molecular flexibility index (Phi) is 8.09. The fraction of sp³-hybridized carbons (Fsp3) is 0.344. The van der Waals surface area contributed by atoms with Crippen molar-refractivity contribution in [2.45, 2.75) is 31.8 Å². The minimum Gasteiger partial charge on any atom is -0.379 e. The molecule has 2 saturated heterocycles. The fourth-order valence-electron chi connectivity index (χ4n) is 5.86. The van der Waals surface area contributed by atoms with Crippen molar-refractivity contribution in [3.63, 3.8) is 0 Å². The molecule has 0 saturated carbocycles. The summed E-state index contributed by atoms with van der Waals surface area (Å²) in [5.41, 5.74) is 7.91. The van der Waals surface area contributed by atoms with Crippen molar-refractivity contribution in [3.05, 3.63) is 101 Å². The monoisotopic (exact) mass is 552 g/mol. The van der Waals surface area contributed by atoms with E-state index >= 15 is 0 Å². The van der Waals surface area contributed by atoms with E-state index in [0.29, 0.717) is 18.0 Å². The topological polar surface area (TPSA) is 106 Å². The summed E-state index contributed by atoms with van der Waals surface area (Å²) in [6, 6.07) is 19.8. The number of ether oxygens (including phenoxy) is 1. The number of nitrogens with zero attached hydrogens (tertiary/aromatic N) is 4. The zero-order valence-electron chi connectivity index (χ0n) is 23.2. The van der Waals surface area contributed by atoms with E-state index < -0.39 is 0 Å². The van der Waals surface area contributed by atoms with Gasteiger partial charge in [0.15, 0.2) is 0 Å². The van der Waals surface area contributed by atoms with Crippen molar-refractivity contribution in [3.8, 4) is 0 Å². The number of aromatic nitrogens is 2. The first-order valence-corrected chi connectivity index (χ1v) is 14.3. The number of carbonyl (C=O) groups excluding carboxylic acids is 2. The van der Waals surface area contributed by atoms with E-state index in [0.717, 1.165) is 80.9 Å². The number of amides is 2. The Morgan fingerprint density at radius 1 is 0.878 bits per heavy atom. The third-order valence-corrected chi connectivity index (χ3v) is 8.29. The number of hydrogen-bond donors (Lipinski definition) is 2. The highest BCUT2D eigenvalue weighted by molar-refractivity contribution is 5.94. The van der Waals surface area contributed by atoms with Crippen LogP contribution >= 0.6 is 0 Å². The average Bonchev–Trinajstić information content (AvgIpc) is 3.43. The Hall–Kier alpha value is -4.05. The quantitative estimate of drug-likeness (QED) is 0.206. The van der Waals surface area contributed by atoms with Crippen molar-refractivity contribution >= 4 is 22.8 Å². The lowest BCUT2D eigenvalue weighted by atomic mass is 9.90. The number of pyridine rings is 1. The molecule has 0 atom stereocenters. The van der Waals surface area contributed by atoms with Crippen LogP contribution in [-0.2, 0) is 17.8 Å². The Labute approximate surface area is 239 Å². The van der Waals surface area contributed by atoms with Crippen LogP contribution in [-0.4, -0.2) is 70.6 Å². The highest BCUT2D eigenvalue weighted by Crippen LogP contribution is 2.30. The van der Waals surface area contributed by atoms with Crippen LogP contribution in [0.3, 0.4) is 0 Å². The number of benzene rings is 2. The smallest absolute Gasteiger partial charge is 0.265 e. The Morgan fingerprint density at radius 3 is 2.22 bits per heavy atom. The maximum Gasteiger partial charge on any atom is 0.265 e. The van der Waals surface area contributed by atoms with Gasteiger partial charge in [-0.3, -0.25) is 19.9 Å². The molecule has 0 aliphatic carbocycles. The minimum absolute atomic E-state index is 0.115. The van der Waals surface area contributed by atoms with Gasteiger partial charge in [-0.2, -0.15) is 0 Å². The molecule has 2 aromatic heterocycles. The van der Waals surface area contributed by atoms with Gasteiger partial charge in [0.05, 0.1) is 13.2 Å². The molecule has 2 aromatic carbocycles. The van der Waals surface area contributed by atoms with Crippen LogP contribution in [0.5, 0.6) is 0 Å². The Morgan fingerprint density at radius 2 is 1.54 bits per heavy atom. The molecule has 9 nitrogen and oxygen atoms in total. The first-order valence-electron chi connectivity index (χ1n) is 14.3. The van der Waals surface area contributed by atoms with E-state index in [4.69, 9.17) is 15.6 Å². The molecule has 2 fully saturated rings. The lowest BCUT2D eigenvalue weighted by Crippen LogP contribution is -2.38. The molecule has 2 aliphatic rings. The molecular formula is C32H36N6O3. The molecule has 2 amide bonds. The summed E-state index contributed by atoms with van der Waals surface area (Å²) in [5.74, 6) is 5.42. The predicted molar refractivity (Wildman–Crippen MR) is 157 cm³/mol. The minimum atomic E-state index is -0.305. The van der Waals surface area contributed by atoms with Crippen LogP contribution in [0.4, 0.5) is 0 Å². The second kappa shape index (κ2) is 12.2. The average molecular weight is 553 g/mol. The second-order valence-electron chi connectivity index (χ2n) is 10.9. The normalized spacial score (nSPS) is 16.7. The summed E-state index contributed by atoms with van der Waals surface area (Å²) in [7, 11) is 0. The molecule has 2 aliphatic heterocycles. The number of nitrogen functional groups attached to an aromatic ring is 1. The van der Waals surface area contributed by atoms with Gasteiger partial charge in [-0.25, -0.2) is 10.8 Å². The largest absolute Gasteiger partial charge is 0.379 e. The highest BCUT2D eigenvalue weighted by atomic mass is 16.5. The van der Waals surface area contributed by atoms with Gasteiger partial charge >= 0.3 is 0 Å². The molecule has 0 spiro atoms. The van der Waals surface area contributed by atoms with Gasteiger partial charge in [0.2, 0.25) is 0 Å². The molecule has 4 aromatic rings. The number of morpholine rings is 1. The lowest BCUT2D eigenvalue weighted by molar-refractivity contribution is 0.0342. The number of likely N-dealkylation sites (tertiary alicyclic amines) is 1. The molecule has 6 rings (SSSR count). The zero-order valence-corrected chi connectivity index (χ0v) is 23.2. The van der Waals surface area contributed by atoms with E-state index in [1.54, 1.807) is 12.1 Å². The van der Waals surface area contributed by atoms with E-state index in [9.17, 15) is 9.59 Å². The van der Waals surface area contributed by atoms with Gasteiger partial charge in [0.1, 0.15) is 5.65 Å². The summed E-state index contributed by atoms with van der Waals surface area (Å²) >= 11 is 0. The summed E-state index contributed by atoms with van der Waals surface area (Å²) < 4.78 is 7.55. The molecule has 4 heterocycles. The number of hydrazine groups is 1. The van der Waals surface area contributed by atoms with Crippen LogP contribution in [0.1, 0.15) is 56.2 Å². The summed E-state index contributed by atoms with van der Waals surface area (Å²) in [6.45, 7) is 6.54. The van der Waals surface area contributed by atoms with Gasteiger partial charge in [-0.15, -0.1) is 0 Å². The lowest BCUT2D eigenvalue weighted by Gasteiger charge is -2.32. The predicted octanol–water partition coefficient (Wildman–Crippen LogP) is 3.54. The van der Waals surface area contributed by atoms with Crippen LogP contribution in [0, 0.1) is 0 Å². The first-order chi connectivity index (χ1) is 20.1. The van der Waals surface area contributed by atoms with Gasteiger partial charge in [-0.1, -0.05) is 24.3 Å². The molecule has 9 heteroatoms. The van der Waals surface area contributed by atoms with Crippen molar-refractivity contribution < 1.29 is 14.3 Å². The summed E-state index contributed by atoms with van der Waals surface area (Å²) in [6.07, 6.45) is 5.90. The van der Waals surface area contributed by atoms with E-state index in [1.807, 2.05) is 35.4 Å². The van der Waals surface area contributed by atoms with Crippen molar-refractivity contribution in [1.82, 2.24) is 24.8 Å². The molecule has 0 unspecified atom stereocenters. The maximum absolute atomic E-state index is 13.2. The zero-order chi connectivity index (χ0) is 28.2. The third kappa shape index (κ3) is 6.17. The highest BCUT2D eigenvalue weighted by Gasteiger charge is 2.25. The summed E-state index contributed by atoms with van der Waals surface area (Å²) in [5, 5.41) is 1.11. The maximum atomic E-state index is 13.2. The first kappa shape index (κ1) is 27.1. The van der Waals surface area contributed by atoms with Crippen LogP contribution in [0.2, 0.25) is 0 Å². The number of fused-ring (bicyclic) bond motifs is 1. The number of carbonyl (C=O) groups is 2. The number of nitrogens with two attached hydrogens (primary N) is 1. The number of rotatable bonds is 7. The molecule has 3 N–H and O–H groups in total. The number of hydrogen-bond acceptors (Lipinski definition) is 6. The van der Waals surface area contributed by atoms with Gasteiger partial charge in [-0.05, 0) is 71.8 Å². The van der Waals surface area contributed by atoms with Gasteiger partial charge < -0.3 is 14.2 Å². The van der Waals surface area contributed by atoms with Crippen molar-refractivity contribution in [2.75, 3.05) is 39.4 Å². The molecular weight excluding hydrogens is 516 g/mol. The van der Waals surface area contributed by atoms with Crippen LogP contribution in [0.15, 0.2) is 73.1 Å². The second-order valence-corrected chi connectivity index (χ2v) is 10.9. The molecule has 0 bridgehead atoms. The molecule has 0 radical (unpaired) electrons. The van der Waals surface area contributed by atoms with Gasteiger partial charge in [0, 0.05) is 68.2 Å². The fourth-order valence-corrected chi connectivity index (χ4v) is 5.86. The van der Waals surface area contributed by atoms with Gasteiger partial charge in [0.25, 0.3) is 11.8 Å². The van der Waals surface area contributed by atoms with Crippen molar-refractivity contribution in [1.29, 1.82) is 0 Å². The van der Waals surface area contributed by atoms with Crippen LogP contribution in [0.25, 0.3) is 11.0 Å². The van der Waals surface area contributed by atoms with E-state index in [-0.39, 0.29) is 11.8 Å². The Balaban J connectivity index is 1.04. The Bertz CT molecular complexity index is 1500. The SMILES string of the molecule is NNC(=O)c1ccc(Cn2ccc3cc(C4CCN(C(=O)c5ccc(CN6CCOCC6)cc5)CC4)cnc32)cc1. The summed E-state index contributed by atoms with van der Waals surface area (Å²) in [4.78, 5) is 34.1.